The lowest BCUT2D eigenvalue weighted by Crippen LogP contribution is -2.45. The molecule has 0 saturated carbocycles. The van der Waals surface area contributed by atoms with Gasteiger partial charge in [0, 0.05) is 23.5 Å². The van der Waals surface area contributed by atoms with E-state index in [-0.39, 0.29) is 12.4 Å². The van der Waals surface area contributed by atoms with Crippen LogP contribution in [0.5, 0.6) is 0 Å². The van der Waals surface area contributed by atoms with E-state index in [0.717, 1.165) is 24.4 Å². The summed E-state index contributed by atoms with van der Waals surface area (Å²) in [7, 11) is 0. The molecule has 0 radical (unpaired) electrons. The molecule has 2 unspecified atom stereocenters. The fourth-order valence-corrected chi connectivity index (χ4v) is 3.39. The second-order valence-corrected chi connectivity index (χ2v) is 6.29. The van der Waals surface area contributed by atoms with E-state index in [1.807, 2.05) is 16.8 Å². The SMILES string of the molecule is CC1CCN(Cc2nc(-c3ccsc3)no2)C(CN)C1.Cl. The first-order valence-electron chi connectivity index (χ1n) is 7.05. The molecule has 0 aromatic carbocycles. The van der Waals surface area contributed by atoms with E-state index in [1.54, 1.807) is 11.3 Å². The zero-order valence-corrected chi connectivity index (χ0v) is 13.7. The van der Waals surface area contributed by atoms with Gasteiger partial charge in [-0.3, -0.25) is 4.90 Å². The molecular weight excluding hydrogens is 308 g/mol. The minimum absolute atomic E-state index is 0. The minimum Gasteiger partial charge on any atom is -0.338 e. The van der Waals surface area contributed by atoms with Crippen molar-refractivity contribution in [1.29, 1.82) is 0 Å². The molecule has 7 heteroatoms. The Kier molecular flexibility index (Phi) is 5.75. The van der Waals surface area contributed by atoms with Crippen molar-refractivity contribution in [1.82, 2.24) is 15.0 Å². The lowest BCUT2D eigenvalue weighted by Gasteiger charge is -2.36. The molecule has 1 aliphatic rings. The van der Waals surface area contributed by atoms with Crippen molar-refractivity contribution >= 4 is 23.7 Å². The first kappa shape index (κ1) is 16.4. The minimum atomic E-state index is 0. The number of nitrogens with two attached hydrogens (primary N) is 1. The van der Waals surface area contributed by atoms with E-state index in [2.05, 4.69) is 22.0 Å². The van der Waals surface area contributed by atoms with Crippen molar-refractivity contribution in [2.24, 2.45) is 11.7 Å². The van der Waals surface area contributed by atoms with Crippen LogP contribution in [0.1, 0.15) is 25.7 Å². The van der Waals surface area contributed by atoms with Gasteiger partial charge in [-0.2, -0.15) is 16.3 Å². The predicted octanol–water partition coefficient (Wildman–Crippen LogP) is 2.78. The summed E-state index contributed by atoms with van der Waals surface area (Å²) in [6, 6.07) is 2.43. The number of likely N-dealkylation sites (tertiary alicyclic amines) is 1. The topological polar surface area (TPSA) is 68.2 Å². The smallest absolute Gasteiger partial charge is 0.241 e. The summed E-state index contributed by atoms with van der Waals surface area (Å²) in [5.41, 5.74) is 6.91. The quantitative estimate of drug-likeness (QED) is 0.934. The number of rotatable bonds is 4. The van der Waals surface area contributed by atoms with Crippen LogP contribution < -0.4 is 5.73 Å². The molecular formula is C14H21ClN4OS. The largest absolute Gasteiger partial charge is 0.338 e. The molecule has 3 rings (SSSR count). The monoisotopic (exact) mass is 328 g/mol. The molecule has 1 fully saturated rings. The summed E-state index contributed by atoms with van der Waals surface area (Å²) in [6.07, 6.45) is 2.37. The highest BCUT2D eigenvalue weighted by Gasteiger charge is 2.26. The van der Waals surface area contributed by atoms with Crippen LogP contribution >= 0.6 is 23.7 Å². The summed E-state index contributed by atoms with van der Waals surface area (Å²) in [5, 5.41) is 8.10. The van der Waals surface area contributed by atoms with E-state index >= 15 is 0 Å². The summed E-state index contributed by atoms with van der Waals surface area (Å²) >= 11 is 1.63. The molecule has 3 heterocycles. The molecule has 1 saturated heterocycles. The maximum Gasteiger partial charge on any atom is 0.241 e. The third kappa shape index (κ3) is 3.83. The molecule has 5 nitrogen and oxygen atoms in total. The Morgan fingerprint density at radius 1 is 1.52 bits per heavy atom. The number of thiophene rings is 1. The number of piperidine rings is 1. The number of halogens is 1. The summed E-state index contributed by atoms with van der Waals surface area (Å²) in [4.78, 5) is 6.85. The van der Waals surface area contributed by atoms with Gasteiger partial charge in [0.25, 0.3) is 0 Å². The summed E-state index contributed by atoms with van der Waals surface area (Å²) in [6.45, 7) is 4.74. The highest BCUT2D eigenvalue weighted by atomic mass is 35.5. The van der Waals surface area contributed by atoms with Crippen molar-refractivity contribution < 1.29 is 4.52 Å². The van der Waals surface area contributed by atoms with Gasteiger partial charge in [0.05, 0.1) is 6.54 Å². The van der Waals surface area contributed by atoms with E-state index in [0.29, 0.717) is 30.8 Å². The van der Waals surface area contributed by atoms with Gasteiger partial charge >= 0.3 is 0 Å². The Morgan fingerprint density at radius 2 is 2.38 bits per heavy atom. The number of nitrogens with zero attached hydrogens (tertiary/aromatic N) is 3. The van der Waals surface area contributed by atoms with Gasteiger partial charge in [0.15, 0.2) is 0 Å². The Morgan fingerprint density at radius 3 is 3.10 bits per heavy atom. The van der Waals surface area contributed by atoms with Gasteiger partial charge in [-0.05, 0) is 36.8 Å². The van der Waals surface area contributed by atoms with Crippen molar-refractivity contribution in [3.8, 4) is 11.4 Å². The van der Waals surface area contributed by atoms with Crippen molar-refractivity contribution in [2.45, 2.75) is 32.4 Å². The molecule has 0 aliphatic carbocycles. The highest BCUT2D eigenvalue weighted by Crippen LogP contribution is 2.24. The molecule has 2 aromatic heterocycles. The maximum absolute atomic E-state index is 5.88. The van der Waals surface area contributed by atoms with Crippen LogP contribution in [0.25, 0.3) is 11.4 Å². The van der Waals surface area contributed by atoms with Gasteiger partial charge < -0.3 is 10.3 Å². The fourth-order valence-electron chi connectivity index (χ4n) is 2.76. The van der Waals surface area contributed by atoms with Gasteiger partial charge in [-0.15, -0.1) is 12.4 Å². The van der Waals surface area contributed by atoms with E-state index in [9.17, 15) is 0 Å². The van der Waals surface area contributed by atoms with E-state index in [4.69, 9.17) is 10.3 Å². The van der Waals surface area contributed by atoms with Crippen LogP contribution in [0.4, 0.5) is 0 Å². The predicted molar refractivity (Wildman–Crippen MR) is 86.5 cm³/mol. The Bertz CT molecular complexity index is 545. The lowest BCUT2D eigenvalue weighted by atomic mass is 9.92. The number of aromatic nitrogens is 2. The summed E-state index contributed by atoms with van der Waals surface area (Å²) in [5.74, 6) is 2.11. The van der Waals surface area contributed by atoms with Crippen molar-refractivity contribution in [3.05, 3.63) is 22.7 Å². The molecule has 2 N–H and O–H groups in total. The Labute approximate surface area is 134 Å². The molecule has 2 atom stereocenters. The number of hydrogen-bond donors (Lipinski definition) is 1. The van der Waals surface area contributed by atoms with Crippen molar-refractivity contribution in [3.63, 3.8) is 0 Å². The van der Waals surface area contributed by atoms with Crippen LogP contribution in [0.15, 0.2) is 21.3 Å². The second kappa shape index (κ2) is 7.35. The molecule has 116 valence electrons. The molecule has 0 spiro atoms. The Hall–Kier alpha value is -0.950. The van der Waals surface area contributed by atoms with Crippen LogP contribution in [-0.2, 0) is 6.54 Å². The van der Waals surface area contributed by atoms with Crippen LogP contribution in [-0.4, -0.2) is 34.2 Å². The van der Waals surface area contributed by atoms with Gasteiger partial charge in [-0.25, -0.2) is 0 Å². The Balaban J connectivity index is 0.00000161. The lowest BCUT2D eigenvalue weighted by molar-refractivity contribution is 0.102. The van der Waals surface area contributed by atoms with E-state index in [1.165, 1.54) is 6.42 Å². The van der Waals surface area contributed by atoms with Gasteiger partial charge in [0.1, 0.15) is 0 Å². The van der Waals surface area contributed by atoms with Crippen molar-refractivity contribution in [2.75, 3.05) is 13.1 Å². The fraction of sp³-hybridized carbons (Fsp3) is 0.571. The molecule has 1 aliphatic heterocycles. The highest BCUT2D eigenvalue weighted by molar-refractivity contribution is 7.08. The maximum atomic E-state index is 5.88. The van der Waals surface area contributed by atoms with Gasteiger partial charge in [-0.1, -0.05) is 12.1 Å². The first-order valence-corrected chi connectivity index (χ1v) is 8.00. The van der Waals surface area contributed by atoms with Crippen LogP contribution in [0.2, 0.25) is 0 Å². The molecule has 21 heavy (non-hydrogen) atoms. The van der Waals surface area contributed by atoms with Crippen LogP contribution in [0, 0.1) is 5.92 Å². The molecule has 0 amide bonds. The average molecular weight is 329 g/mol. The standard InChI is InChI=1S/C14H20N4OS.ClH/c1-10-2-4-18(12(6-10)7-15)8-13-16-14(17-19-13)11-3-5-20-9-11;/h3,5,9-10,12H,2,4,6-8,15H2,1H3;1H. The first-order chi connectivity index (χ1) is 9.76. The second-order valence-electron chi connectivity index (χ2n) is 5.51. The summed E-state index contributed by atoms with van der Waals surface area (Å²) < 4.78 is 5.37. The zero-order valence-electron chi connectivity index (χ0n) is 12.1. The van der Waals surface area contributed by atoms with Gasteiger partial charge in [0.2, 0.25) is 11.7 Å². The number of hydrogen-bond acceptors (Lipinski definition) is 6. The molecule has 2 aromatic rings. The third-order valence-electron chi connectivity index (χ3n) is 3.96. The zero-order chi connectivity index (χ0) is 13.9. The molecule has 0 bridgehead atoms. The third-order valence-corrected chi connectivity index (χ3v) is 4.64. The van der Waals surface area contributed by atoms with E-state index < -0.39 is 0 Å². The average Bonchev–Trinajstić information content (AvgIpc) is 3.11. The normalized spacial score (nSPS) is 23.0. The van der Waals surface area contributed by atoms with Crippen LogP contribution in [0.3, 0.4) is 0 Å².